The van der Waals surface area contributed by atoms with Crippen LogP contribution in [0.15, 0.2) is 30.3 Å². The Kier molecular flexibility index (Phi) is 3.52. The molecule has 3 rings (SSSR count). The van der Waals surface area contributed by atoms with Crippen molar-refractivity contribution in [2.24, 2.45) is 0 Å². The van der Waals surface area contributed by atoms with Gasteiger partial charge in [-0.1, -0.05) is 18.2 Å². The van der Waals surface area contributed by atoms with E-state index in [1.165, 1.54) is 0 Å². The Morgan fingerprint density at radius 1 is 1.35 bits per heavy atom. The summed E-state index contributed by atoms with van der Waals surface area (Å²) in [4.78, 5) is 15.8. The van der Waals surface area contributed by atoms with E-state index in [2.05, 4.69) is 10.3 Å². The minimum atomic E-state index is -0.985. The molecule has 5 heteroatoms. The molecule has 1 aliphatic heterocycles. The van der Waals surface area contributed by atoms with E-state index in [-0.39, 0.29) is 11.8 Å². The van der Waals surface area contributed by atoms with Gasteiger partial charge in [0.15, 0.2) is 0 Å². The summed E-state index contributed by atoms with van der Waals surface area (Å²) >= 11 is 0. The number of nitrogens with zero attached hydrogens (tertiary/aromatic N) is 1. The summed E-state index contributed by atoms with van der Waals surface area (Å²) < 4.78 is 5.58. The van der Waals surface area contributed by atoms with E-state index < -0.39 is 5.97 Å². The third-order valence-electron chi connectivity index (χ3n) is 3.43. The topological polar surface area (TPSA) is 71.5 Å². The summed E-state index contributed by atoms with van der Waals surface area (Å²) in [5.74, 6) is -0.607. The number of anilines is 1. The molecule has 2 N–H and O–H groups in total. The van der Waals surface area contributed by atoms with Gasteiger partial charge in [0.2, 0.25) is 0 Å². The largest absolute Gasteiger partial charge is 0.478 e. The highest BCUT2D eigenvalue weighted by Gasteiger charge is 2.19. The number of para-hydroxylation sites is 1. The Morgan fingerprint density at radius 3 is 2.95 bits per heavy atom. The van der Waals surface area contributed by atoms with Gasteiger partial charge in [-0.2, -0.15) is 0 Å². The van der Waals surface area contributed by atoms with Crippen LogP contribution in [0.25, 0.3) is 10.9 Å². The summed E-state index contributed by atoms with van der Waals surface area (Å²) in [7, 11) is 0. The molecule has 1 unspecified atom stereocenters. The van der Waals surface area contributed by atoms with Crippen molar-refractivity contribution < 1.29 is 14.6 Å². The van der Waals surface area contributed by atoms with Crippen LogP contribution < -0.4 is 5.32 Å². The number of aromatic nitrogens is 1. The van der Waals surface area contributed by atoms with Gasteiger partial charge < -0.3 is 15.2 Å². The molecule has 0 aliphatic carbocycles. The molecular weight excluding hydrogens is 256 g/mol. The fourth-order valence-corrected chi connectivity index (χ4v) is 2.40. The van der Waals surface area contributed by atoms with Gasteiger partial charge in [0.25, 0.3) is 0 Å². The van der Waals surface area contributed by atoms with Crippen LogP contribution in [-0.4, -0.2) is 28.9 Å². The maximum Gasteiger partial charge on any atom is 0.339 e. The second-order valence-corrected chi connectivity index (χ2v) is 4.88. The summed E-state index contributed by atoms with van der Waals surface area (Å²) in [6.07, 6.45) is 2.84. The molecule has 1 saturated heterocycles. The average molecular weight is 272 g/mol. The van der Waals surface area contributed by atoms with Crippen LogP contribution in [0, 0.1) is 0 Å². The first-order valence-electron chi connectivity index (χ1n) is 6.75. The smallest absolute Gasteiger partial charge is 0.339 e. The Morgan fingerprint density at radius 2 is 2.20 bits per heavy atom. The van der Waals surface area contributed by atoms with E-state index in [1.807, 2.05) is 24.3 Å². The third-order valence-corrected chi connectivity index (χ3v) is 3.43. The highest BCUT2D eigenvalue weighted by molar-refractivity contribution is 5.98. The zero-order valence-electron chi connectivity index (χ0n) is 11.0. The number of fused-ring (bicyclic) bond motifs is 1. The summed E-state index contributed by atoms with van der Waals surface area (Å²) in [5, 5.41) is 13.3. The number of carboxylic acids is 1. The van der Waals surface area contributed by atoms with Crippen molar-refractivity contribution in [2.45, 2.75) is 25.5 Å². The molecule has 1 aliphatic rings. The van der Waals surface area contributed by atoms with Crippen molar-refractivity contribution >= 4 is 22.7 Å². The second-order valence-electron chi connectivity index (χ2n) is 4.88. The number of ether oxygens (including phenoxy) is 1. The molecule has 5 nitrogen and oxygen atoms in total. The van der Waals surface area contributed by atoms with Crippen LogP contribution in [0.4, 0.5) is 5.82 Å². The second kappa shape index (κ2) is 5.46. The summed E-state index contributed by atoms with van der Waals surface area (Å²) in [6, 6.07) is 9.13. The molecule has 0 saturated carbocycles. The van der Waals surface area contributed by atoms with E-state index in [1.54, 1.807) is 6.07 Å². The van der Waals surface area contributed by atoms with Crippen molar-refractivity contribution in [3.8, 4) is 0 Å². The van der Waals surface area contributed by atoms with E-state index in [9.17, 15) is 9.90 Å². The van der Waals surface area contributed by atoms with E-state index >= 15 is 0 Å². The predicted octanol–water partition coefficient (Wildman–Crippen LogP) is 2.87. The number of hydrogen-bond acceptors (Lipinski definition) is 4. The van der Waals surface area contributed by atoms with E-state index in [0.29, 0.717) is 12.4 Å². The van der Waals surface area contributed by atoms with Gasteiger partial charge in [-0.05, 0) is 31.4 Å². The number of carbonyl (C=O) groups is 1. The van der Waals surface area contributed by atoms with Crippen LogP contribution in [0.5, 0.6) is 0 Å². The lowest BCUT2D eigenvalue weighted by atomic mass is 10.1. The van der Waals surface area contributed by atoms with Crippen LogP contribution in [0.2, 0.25) is 0 Å². The number of pyridine rings is 1. The maximum absolute atomic E-state index is 11.4. The quantitative estimate of drug-likeness (QED) is 0.899. The lowest BCUT2D eigenvalue weighted by Crippen LogP contribution is -2.28. The zero-order chi connectivity index (χ0) is 13.9. The monoisotopic (exact) mass is 272 g/mol. The van der Waals surface area contributed by atoms with Gasteiger partial charge in [-0.3, -0.25) is 0 Å². The number of benzene rings is 1. The molecular formula is C15H16N2O3. The molecule has 2 aromatic rings. The van der Waals surface area contributed by atoms with Gasteiger partial charge in [-0.15, -0.1) is 0 Å². The molecule has 1 fully saturated rings. The number of rotatable bonds is 3. The number of nitrogens with one attached hydrogen (secondary N) is 1. The summed E-state index contributed by atoms with van der Waals surface area (Å²) in [5.41, 5.74) is 0.952. The van der Waals surface area contributed by atoms with Crippen LogP contribution in [0.3, 0.4) is 0 Å². The fourth-order valence-electron chi connectivity index (χ4n) is 2.40. The average Bonchev–Trinajstić information content (AvgIpc) is 2.47. The Hall–Kier alpha value is -2.14. The molecule has 104 valence electrons. The normalized spacial score (nSPS) is 18.9. The standard InChI is InChI=1S/C15H16N2O3/c18-15(19)11-9-10-5-1-2-6-12(10)16-14(11)17-13-7-3-4-8-20-13/h1-2,5-6,9,13H,3-4,7-8H2,(H,16,17)(H,18,19). The van der Waals surface area contributed by atoms with Gasteiger partial charge in [0.1, 0.15) is 17.6 Å². The number of aromatic carboxylic acids is 1. The Bertz CT molecular complexity index is 636. The van der Waals surface area contributed by atoms with Crippen molar-refractivity contribution in [3.05, 3.63) is 35.9 Å². The highest BCUT2D eigenvalue weighted by atomic mass is 16.5. The predicted molar refractivity (Wildman–Crippen MR) is 75.9 cm³/mol. The lowest BCUT2D eigenvalue weighted by molar-refractivity contribution is 0.0340. The Labute approximate surface area is 116 Å². The molecule has 1 aromatic carbocycles. The molecule has 0 bridgehead atoms. The van der Waals surface area contributed by atoms with Crippen LogP contribution in [-0.2, 0) is 4.74 Å². The SMILES string of the molecule is O=C(O)c1cc2ccccc2nc1NC1CCCCO1. The van der Waals surface area contributed by atoms with Crippen molar-refractivity contribution in [1.82, 2.24) is 4.98 Å². The van der Waals surface area contributed by atoms with Gasteiger partial charge in [-0.25, -0.2) is 9.78 Å². The molecule has 20 heavy (non-hydrogen) atoms. The van der Waals surface area contributed by atoms with Crippen LogP contribution >= 0.6 is 0 Å². The zero-order valence-corrected chi connectivity index (χ0v) is 11.0. The Balaban J connectivity index is 1.98. The number of carboxylic acid groups (broad SMARTS) is 1. The first kappa shape index (κ1) is 12.9. The lowest BCUT2D eigenvalue weighted by Gasteiger charge is -2.24. The van der Waals surface area contributed by atoms with E-state index in [4.69, 9.17) is 4.74 Å². The molecule has 0 spiro atoms. The maximum atomic E-state index is 11.4. The molecule has 0 radical (unpaired) electrons. The summed E-state index contributed by atoms with van der Waals surface area (Å²) in [6.45, 7) is 0.702. The number of hydrogen-bond donors (Lipinski definition) is 2. The van der Waals surface area contributed by atoms with Crippen molar-refractivity contribution in [1.29, 1.82) is 0 Å². The van der Waals surface area contributed by atoms with Crippen molar-refractivity contribution in [2.75, 3.05) is 11.9 Å². The molecule has 1 aromatic heterocycles. The van der Waals surface area contributed by atoms with Gasteiger partial charge >= 0.3 is 5.97 Å². The minimum absolute atomic E-state index is 0.157. The fraction of sp³-hybridized carbons (Fsp3) is 0.333. The third kappa shape index (κ3) is 2.58. The van der Waals surface area contributed by atoms with Crippen molar-refractivity contribution in [3.63, 3.8) is 0 Å². The molecule has 1 atom stereocenters. The van der Waals surface area contributed by atoms with E-state index in [0.717, 1.165) is 30.2 Å². The van der Waals surface area contributed by atoms with Crippen LogP contribution in [0.1, 0.15) is 29.6 Å². The molecule has 2 heterocycles. The van der Waals surface area contributed by atoms with Gasteiger partial charge in [0, 0.05) is 12.0 Å². The first-order valence-corrected chi connectivity index (χ1v) is 6.75. The highest BCUT2D eigenvalue weighted by Crippen LogP contribution is 2.23. The molecule has 0 amide bonds. The van der Waals surface area contributed by atoms with Gasteiger partial charge in [0.05, 0.1) is 5.52 Å². The first-order chi connectivity index (χ1) is 9.74. The minimum Gasteiger partial charge on any atom is -0.478 e.